The van der Waals surface area contributed by atoms with Crippen LogP contribution in [0.4, 0.5) is 13.2 Å². The van der Waals surface area contributed by atoms with E-state index in [9.17, 15) is 13.2 Å². The molecule has 2 nitrogen and oxygen atoms in total. The molecule has 0 spiro atoms. The molecule has 0 bridgehead atoms. The summed E-state index contributed by atoms with van der Waals surface area (Å²) in [5, 5.41) is 0. The third-order valence-corrected chi connectivity index (χ3v) is 3.48. The number of nitrogens with zero attached hydrogens (tertiary/aromatic N) is 1. The molecule has 1 aromatic heterocycles. The van der Waals surface area contributed by atoms with E-state index in [0.717, 1.165) is 17.7 Å². The van der Waals surface area contributed by atoms with Gasteiger partial charge in [-0.25, -0.2) is 18.2 Å². The average Bonchev–Trinajstić information content (AvgIpc) is 2.86. The molecule has 0 radical (unpaired) electrons. The summed E-state index contributed by atoms with van der Waals surface area (Å²) in [5.74, 6) is -3.99. The SMILES string of the molecule is CC(C)(C)c1ccc2oc(-c3cc(F)c(F)c(F)c3)nc2c1. The van der Waals surface area contributed by atoms with Crippen molar-refractivity contribution in [3.05, 3.63) is 53.3 Å². The lowest BCUT2D eigenvalue weighted by atomic mass is 9.87. The fourth-order valence-corrected chi connectivity index (χ4v) is 2.20. The van der Waals surface area contributed by atoms with Crippen LogP contribution < -0.4 is 0 Å². The molecule has 114 valence electrons. The molecule has 3 aromatic rings. The fourth-order valence-electron chi connectivity index (χ4n) is 2.20. The van der Waals surface area contributed by atoms with Crippen molar-refractivity contribution in [3.8, 4) is 11.5 Å². The summed E-state index contributed by atoms with van der Waals surface area (Å²) in [6.45, 7) is 6.21. The molecule has 0 saturated carbocycles. The first-order valence-corrected chi connectivity index (χ1v) is 6.82. The second-order valence-electron chi connectivity index (χ2n) is 6.21. The Morgan fingerprint density at radius 2 is 1.59 bits per heavy atom. The lowest BCUT2D eigenvalue weighted by molar-refractivity contribution is 0.447. The molecule has 2 aromatic carbocycles. The highest BCUT2D eigenvalue weighted by atomic mass is 19.2. The van der Waals surface area contributed by atoms with Crippen LogP contribution in [0.5, 0.6) is 0 Å². The molecule has 3 rings (SSSR count). The minimum Gasteiger partial charge on any atom is -0.436 e. The zero-order valence-corrected chi connectivity index (χ0v) is 12.4. The predicted molar refractivity (Wildman–Crippen MR) is 78.0 cm³/mol. The van der Waals surface area contributed by atoms with Crippen molar-refractivity contribution in [2.24, 2.45) is 0 Å². The van der Waals surface area contributed by atoms with Gasteiger partial charge >= 0.3 is 0 Å². The minimum atomic E-state index is -1.50. The number of hydrogen-bond donors (Lipinski definition) is 0. The summed E-state index contributed by atoms with van der Waals surface area (Å²) in [7, 11) is 0. The van der Waals surface area contributed by atoms with Gasteiger partial charge in [-0.2, -0.15) is 0 Å². The number of fused-ring (bicyclic) bond motifs is 1. The van der Waals surface area contributed by atoms with Crippen LogP contribution in [-0.2, 0) is 5.41 Å². The van der Waals surface area contributed by atoms with Crippen LogP contribution in [0.3, 0.4) is 0 Å². The average molecular weight is 305 g/mol. The normalized spacial score (nSPS) is 12.1. The molecular formula is C17H14F3NO. The van der Waals surface area contributed by atoms with Crippen molar-refractivity contribution < 1.29 is 17.6 Å². The topological polar surface area (TPSA) is 26.0 Å². The smallest absolute Gasteiger partial charge is 0.227 e. The molecule has 0 unspecified atom stereocenters. The maximum Gasteiger partial charge on any atom is 0.227 e. The summed E-state index contributed by atoms with van der Waals surface area (Å²) >= 11 is 0. The van der Waals surface area contributed by atoms with E-state index in [0.29, 0.717) is 11.1 Å². The summed E-state index contributed by atoms with van der Waals surface area (Å²) in [6, 6.07) is 7.30. The second-order valence-corrected chi connectivity index (χ2v) is 6.21. The van der Waals surface area contributed by atoms with E-state index >= 15 is 0 Å². The number of oxazole rings is 1. The Balaban J connectivity index is 2.13. The van der Waals surface area contributed by atoms with Gasteiger partial charge in [0.1, 0.15) is 5.52 Å². The van der Waals surface area contributed by atoms with Crippen molar-refractivity contribution in [1.82, 2.24) is 4.98 Å². The van der Waals surface area contributed by atoms with E-state index in [1.165, 1.54) is 0 Å². The number of hydrogen-bond acceptors (Lipinski definition) is 2. The van der Waals surface area contributed by atoms with Crippen LogP contribution in [0.25, 0.3) is 22.6 Å². The monoisotopic (exact) mass is 305 g/mol. The molecule has 0 aliphatic heterocycles. The fraction of sp³-hybridized carbons (Fsp3) is 0.235. The Labute approximate surface area is 125 Å². The molecule has 0 amide bonds. The van der Waals surface area contributed by atoms with Gasteiger partial charge in [0.15, 0.2) is 23.0 Å². The van der Waals surface area contributed by atoms with Gasteiger partial charge in [-0.15, -0.1) is 0 Å². The first-order chi connectivity index (χ1) is 10.3. The first-order valence-electron chi connectivity index (χ1n) is 6.82. The summed E-state index contributed by atoms with van der Waals surface area (Å²) in [6.07, 6.45) is 0. The molecule has 0 fully saturated rings. The zero-order valence-electron chi connectivity index (χ0n) is 12.4. The van der Waals surface area contributed by atoms with Crippen LogP contribution in [0.15, 0.2) is 34.7 Å². The van der Waals surface area contributed by atoms with E-state index in [2.05, 4.69) is 25.8 Å². The maximum atomic E-state index is 13.3. The van der Waals surface area contributed by atoms with Gasteiger partial charge in [-0.1, -0.05) is 26.8 Å². The Bertz CT molecular complexity index is 839. The molecule has 0 saturated heterocycles. The standard InChI is InChI=1S/C17H14F3NO/c1-17(2,3)10-4-5-14-13(8-10)21-16(22-14)9-6-11(18)15(20)12(19)7-9/h4-8H,1-3H3. The molecule has 0 aliphatic rings. The van der Waals surface area contributed by atoms with Crippen LogP contribution in [0.2, 0.25) is 0 Å². The minimum absolute atomic E-state index is 0.0542. The van der Waals surface area contributed by atoms with Gasteiger partial charge in [-0.05, 0) is 35.2 Å². The van der Waals surface area contributed by atoms with E-state index in [1.807, 2.05) is 12.1 Å². The Morgan fingerprint density at radius 3 is 2.18 bits per heavy atom. The third kappa shape index (κ3) is 2.47. The van der Waals surface area contributed by atoms with Gasteiger partial charge < -0.3 is 4.42 Å². The molecule has 0 atom stereocenters. The Kier molecular flexibility index (Phi) is 3.24. The van der Waals surface area contributed by atoms with Crippen molar-refractivity contribution in [2.45, 2.75) is 26.2 Å². The molecular weight excluding hydrogens is 291 g/mol. The van der Waals surface area contributed by atoms with Crippen molar-refractivity contribution in [3.63, 3.8) is 0 Å². The molecule has 1 heterocycles. The van der Waals surface area contributed by atoms with Gasteiger partial charge in [0.05, 0.1) is 0 Å². The Hall–Kier alpha value is -2.30. The van der Waals surface area contributed by atoms with Gasteiger partial charge in [0, 0.05) is 5.56 Å². The van der Waals surface area contributed by atoms with Crippen molar-refractivity contribution in [2.75, 3.05) is 0 Å². The first kappa shape index (κ1) is 14.6. The molecule has 22 heavy (non-hydrogen) atoms. The van der Waals surface area contributed by atoms with Gasteiger partial charge in [0.2, 0.25) is 5.89 Å². The number of aromatic nitrogens is 1. The lowest BCUT2D eigenvalue weighted by Crippen LogP contribution is -2.10. The second kappa shape index (κ2) is 4.87. The molecule has 5 heteroatoms. The van der Waals surface area contributed by atoms with Crippen molar-refractivity contribution >= 4 is 11.1 Å². The molecule has 0 aliphatic carbocycles. The quantitative estimate of drug-likeness (QED) is 0.577. The lowest BCUT2D eigenvalue weighted by Gasteiger charge is -2.18. The third-order valence-electron chi connectivity index (χ3n) is 3.48. The number of benzene rings is 2. The van der Waals surface area contributed by atoms with E-state index < -0.39 is 17.5 Å². The zero-order chi connectivity index (χ0) is 16.1. The maximum absolute atomic E-state index is 13.3. The van der Waals surface area contributed by atoms with E-state index in [1.54, 1.807) is 6.07 Å². The summed E-state index contributed by atoms with van der Waals surface area (Å²) < 4.78 is 45.2. The highest BCUT2D eigenvalue weighted by Gasteiger charge is 2.18. The highest BCUT2D eigenvalue weighted by Crippen LogP contribution is 2.30. The van der Waals surface area contributed by atoms with Crippen LogP contribution in [0, 0.1) is 17.5 Å². The van der Waals surface area contributed by atoms with E-state index in [4.69, 9.17) is 4.42 Å². The van der Waals surface area contributed by atoms with Gasteiger partial charge in [0.25, 0.3) is 0 Å². The Morgan fingerprint density at radius 1 is 0.955 bits per heavy atom. The van der Waals surface area contributed by atoms with Crippen LogP contribution in [0.1, 0.15) is 26.3 Å². The molecule has 0 N–H and O–H groups in total. The predicted octanol–water partition coefficient (Wildman–Crippen LogP) is 5.21. The summed E-state index contributed by atoms with van der Waals surface area (Å²) in [5.41, 5.74) is 2.17. The van der Waals surface area contributed by atoms with Gasteiger partial charge in [-0.3, -0.25) is 0 Å². The van der Waals surface area contributed by atoms with Crippen molar-refractivity contribution in [1.29, 1.82) is 0 Å². The highest BCUT2D eigenvalue weighted by molar-refractivity contribution is 5.77. The van der Waals surface area contributed by atoms with E-state index in [-0.39, 0.29) is 16.9 Å². The largest absolute Gasteiger partial charge is 0.436 e. The number of halogens is 3. The summed E-state index contributed by atoms with van der Waals surface area (Å²) in [4.78, 5) is 4.25. The number of rotatable bonds is 1. The van der Waals surface area contributed by atoms with Crippen LogP contribution in [-0.4, -0.2) is 4.98 Å². The van der Waals surface area contributed by atoms with Crippen LogP contribution >= 0.6 is 0 Å².